The second kappa shape index (κ2) is 5.85. The van der Waals surface area contributed by atoms with Gasteiger partial charge in [0.1, 0.15) is 5.82 Å². The van der Waals surface area contributed by atoms with Gasteiger partial charge in [-0.25, -0.2) is 4.39 Å². The fourth-order valence-corrected chi connectivity index (χ4v) is 1.79. The average Bonchev–Trinajstić information content (AvgIpc) is 2.37. The molecule has 2 nitrogen and oxygen atoms in total. The van der Waals surface area contributed by atoms with Gasteiger partial charge < -0.3 is 5.32 Å². The minimum atomic E-state index is -0.329. The Kier molecular flexibility index (Phi) is 4.17. The molecule has 0 atom stereocenters. The average molecular weight is 278 g/mol. The van der Waals surface area contributed by atoms with E-state index in [-0.39, 0.29) is 18.1 Å². The molecule has 2 rings (SSSR count). The largest absolute Gasteiger partial charge is 0.326 e. The van der Waals surface area contributed by atoms with Crippen LogP contribution in [0, 0.1) is 12.7 Å². The third-order valence-corrected chi connectivity index (χ3v) is 2.99. The molecule has 0 spiro atoms. The van der Waals surface area contributed by atoms with Crippen molar-refractivity contribution in [3.8, 4) is 0 Å². The number of hydrogen-bond acceptors (Lipinski definition) is 1. The van der Waals surface area contributed by atoms with Crippen molar-refractivity contribution in [3.05, 3.63) is 64.4 Å². The van der Waals surface area contributed by atoms with Crippen LogP contribution in [0.1, 0.15) is 11.1 Å². The number of halogens is 2. The quantitative estimate of drug-likeness (QED) is 0.904. The summed E-state index contributed by atoms with van der Waals surface area (Å²) in [4.78, 5) is 11.8. The summed E-state index contributed by atoms with van der Waals surface area (Å²) >= 11 is 5.77. The van der Waals surface area contributed by atoms with E-state index < -0.39 is 0 Å². The number of benzene rings is 2. The zero-order chi connectivity index (χ0) is 13.8. The van der Waals surface area contributed by atoms with Gasteiger partial charge in [0, 0.05) is 10.7 Å². The summed E-state index contributed by atoms with van der Waals surface area (Å²) in [6, 6.07) is 11.7. The molecule has 0 aliphatic rings. The molecule has 19 heavy (non-hydrogen) atoms. The molecule has 0 aromatic heterocycles. The minimum absolute atomic E-state index is 0.189. The first-order valence-electron chi connectivity index (χ1n) is 5.85. The highest BCUT2D eigenvalue weighted by Gasteiger charge is 2.06. The van der Waals surface area contributed by atoms with Crippen LogP contribution in [0.5, 0.6) is 0 Å². The second-order valence-electron chi connectivity index (χ2n) is 4.32. The van der Waals surface area contributed by atoms with Gasteiger partial charge in [-0.3, -0.25) is 4.79 Å². The Morgan fingerprint density at radius 2 is 1.89 bits per heavy atom. The summed E-state index contributed by atoms with van der Waals surface area (Å²) in [5, 5.41) is 3.29. The Balaban J connectivity index is 2.01. The van der Waals surface area contributed by atoms with Gasteiger partial charge in [-0.2, -0.15) is 0 Å². The van der Waals surface area contributed by atoms with Crippen LogP contribution in [0.15, 0.2) is 42.5 Å². The first-order valence-corrected chi connectivity index (χ1v) is 6.23. The van der Waals surface area contributed by atoms with Crippen LogP contribution in [0.25, 0.3) is 0 Å². The molecule has 0 saturated heterocycles. The molecule has 0 aliphatic heterocycles. The van der Waals surface area contributed by atoms with Gasteiger partial charge in [-0.1, -0.05) is 29.8 Å². The van der Waals surface area contributed by atoms with Crippen LogP contribution in [0.4, 0.5) is 10.1 Å². The first kappa shape index (κ1) is 13.6. The van der Waals surface area contributed by atoms with Gasteiger partial charge in [-0.05, 0) is 42.3 Å². The topological polar surface area (TPSA) is 29.1 Å². The van der Waals surface area contributed by atoms with Crippen LogP contribution in [-0.2, 0) is 11.2 Å². The Morgan fingerprint density at radius 3 is 2.53 bits per heavy atom. The molecule has 0 saturated carbocycles. The number of nitrogens with one attached hydrogen (secondary N) is 1. The van der Waals surface area contributed by atoms with E-state index in [1.165, 1.54) is 6.07 Å². The molecular weight excluding hydrogens is 265 g/mol. The maximum Gasteiger partial charge on any atom is 0.228 e. The van der Waals surface area contributed by atoms with Crippen molar-refractivity contribution in [2.24, 2.45) is 0 Å². The lowest BCUT2D eigenvalue weighted by molar-refractivity contribution is -0.115. The summed E-state index contributed by atoms with van der Waals surface area (Å²) in [5.41, 5.74) is 1.87. The summed E-state index contributed by atoms with van der Waals surface area (Å²) < 4.78 is 13.3. The Bertz CT molecular complexity index is 596. The van der Waals surface area contributed by atoms with E-state index in [2.05, 4.69) is 5.32 Å². The van der Waals surface area contributed by atoms with Gasteiger partial charge in [0.25, 0.3) is 0 Å². The third-order valence-electron chi connectivity index (χ3n) is 2.73. The highest BCUT2D eigenvalue weighted by atomic mass is 35.5. The summed E-state index contributed by atoms with van der Waals surface area (Å²) in [7, 11) is 0. The van der Waals surface area contributed by atoms with Gasteiger partial charge in [0.05, 0.1) is 6.42 Å². The van der Waals surface area contributed by atoms with Gasteiger partial charge in [-0.15, -0.1) is 0 Å². The predicted molar refractivity (Wildman–Crippen MR) is 74.9 cm³/mol. The van der Waals surface area contributed by atoms with Crippen LogP contribution in [0.3, 0.4) is 0 Å². The molecule has 0 heterocycles. The maximum absolute atomic E-state index is 13.3. The highest BCUT2D eigenvalue weighted by molar-refractivity contribution is 6.30. The fraction of sp³-hybridized carbons (Fsp3) is 0.133. The molecule has 0 aliphatic carbocycles. The van der Waals surface area contributed by atoms with Crippen LogP contribution >= 0.6 is 11.6 Å². The number of aryl methyl sites for hydroxylation is 1. The molecule has 0 radical (unpaired) electrons. The second-order valence-corrected chi connectivity index (χ2v) is 4.75. The molecule has 98 valence electrons. The zero-order valence-corrected chi connectivity index (χ0v) is 11.2. The highest BCUT2D eigenvalue weighted by Crippen LogP contribution is 2.14. The lowest BCUT2D eigenvalue weighted by atomic mass is 10.1. The molecule has 2 aromatic carbocycles. The monoisotopic (exact) mass is 277 g/mol. The summed E-state index contributed by atoms with van der Waals surface area (Å²) in [5.74, 6) is -0.519. The number of carbonyl (C=O) groups excluding carboxylic acids is 1. The minimum Gasteiger partial charge on any atom is -0.326 e. The van der Waals surface area contributed by atoms with E-state index in [4.69, 9.17) is 11.6 Å². The number of anilines is 1. The van der Waals surface area contributed by atoms with E-state index >= 15 is 0 Å². The molecule has 0 fully saturated rings. The predicted octanol–water partition coefficient (Wildman–Crippen LogP) is 3.97. The Morgan fingerprint density at radius 1 is 1.21 bits per heavy atom. The summed E-state index contributed by atoms with van der Waals surface area (Å²) in [6.45, 7) is 1.68. The van der Waals surface area contributed by atoms with Crippen molar-refractivity contribution in [3.63, 3.8) is 0 Å². The van der Waals surface area contributed by atoms with E-state index in [0.717, 1.165) is 5.56 Å². The maximum atomic E-state index is 13.3. The number of rotatable bonds is 3. The van der Waals surface area contributed by atoms with E-state index in [9.17, 15) is 9.18 Å². The van der Waals surface area contributed by atoms with Crippen LogP contribution in [0.2, 0.25) is 5.02 Å². The molecule has 0 bridgehead atoms. The third kappa shape index (κ3) is 3.80. The smallest absolute Gasteiger partial charge is 0.228 e. The standard InChI is InChI=1S/C15H13ClFNO/c1-10-2-7-13(9-14(10)17)18-15(19)8-11-3-5-12(16)6-4-11/h2-7,9H,8H2,1H3,(H,18,19). The Hall–Kier alpha value is -1.87. The number of hydrogen-bond donors (Lipinski definition) is 1. The molecule has 0 unspecified atom stereocenters. The van der Waals surface area contributed by atoms with Crippen molar-refractivity contribution in [2.45, 2.75) is 13.3 Å². The lowest BCUT2D eigenvalue weighted by Gasteiger charge is -2.06. The molecule has 1 N–H and O–H groups in total. The van der Waals surface area contributed by atoms with Crippen molar-refractivity contribution < 1.29 is 9.18 Å². The van der Waals surface area contributed by atoms with Crippen molar-refractivity contribution in [1.82, 2.24) is 0 Å². The molecule has 4 heteroatoms. The fourth-order valence-electron chi connectivity index (χ4n) is 1.66. The molecule has 2 aromatic rings. The Labute approximate surface area is 116 Å². The van der Waals surface area contributed by atoms with Gasteiger partial charge >= 0.3 is 0 Å². The number of amides is 1. The first-order chi connectivity index (χ1) is 9.04. The molecular formula is C15H13ClFNO. The van der Waals surface area contributed by atoms with Crippen molar-refractivity contribution >= 4 is 23.2 Å². The van der Waals surface area contributed by atoms with E-state index in [1.807, 2.05) is 0 Å². The lowest BCUT2D eigenvalue weighted by Crippen LogP contribution is -2.14. The van der Waals surface area contributed by atoms with Crippen molar-refractivity contribution in [2.75, 3.05) is 5.32 Å². The van der Waals surface area contributed by atoms with Crippen molar-refractivity contribution in [1.29, 1.82) is 0 Å². The van der Waals surface area contributed by atoms with E-state index in [1.54, 1.807) is 43.3 Å². The zero-order valence-electron chi connectivity index (χ0n) is 10.4. The molecule has 1 amide bonds. The summed E-state index contributed by atoms with van der Waals surface area (Å²) in [6.07, 6.45) is 0.229. The number of carbonyl (C=O) groups is 1. The SMILES string of the molecule is Cc1ccc(NC(=O)Cc2ccc(Cl)cc2)cc1F. The normalized spacial score (nSPS) is 10.3. The van der Waals surface area contributed by atoms with Gasteiger partial charge in [0.2, 0.25) is 5.91 Å². The van der Waals surface area contributed by atoms with Crippen LogP contribution < -0.4 is 5.32 Å². The van der Waals surface area contributed by atoms with E-state index in [0.29, 0.717) is 16.3 Å². The van der Waals surface area contributed by atoms with Gasteiger partial charge in [0.15, 0.2) is 0 Å². The van der Waals surface area contributed by atoms with Crippen LogP contribution in [-0.4, -0.2) is 5.91 Å².